The number of aromatic nitrogens is 2. The summed E-state index contributed by atoms with van der Waals surface area (Å²) >= 11 is 1.52. The highest BCUT2D eigenvalue weighted by Gasteiger charge is 2.42. The molecule has 150 valence electrons. The van der Waals surface area contributed by atoms with Crippen molar-refractivity contribution >= 4 is 17.6 Å². The van der Waals surface area contributed by atoms with E-state index in [9.17, 15) is 10.1 Å². The van der Waals surface area contributed by atoms with Crippen molar-refractivity contribution in [1.29, 1.82) is 0 Å². The molecule has 0 radical (unpaired) electrons. The molecule has 0 saturated heterocycles. The van der Waals surface area contributed by atoms with Gasteiger partial charge in [-0.3, -0.25) is 0 Å². The summed E-state index contributed by atoms with van der Waals surface area (Å²) in [6.45, 7) is 4.03. The number of hydrogen-bond acceptors (Lipinski definition) is 6. The molecule has 1 aromatic heterocycles. The fourth-order valence-corrected chi connectivity index (χ4v) is 4.35. The molecular formula is C21H21N3O4S. The number of ether oxygens (including phenoxy) is 2. The van der Waals surface area contributed by atoms with Gasteiger partial charge in [-0.25, -0.2) is 4.98 Å². The molecule has 0 spiro atoms. The van der Waals surface area contributed by atoms with Crippen LogP contribution >= 0.6 is 11.8 Å². The van der Waals surface area contributed by atoms with Crippen LogP contribution in [0.4, 0.5) is 5.82 Å². The summed E-state index contributed by atoms with van der Waals surface area (Å²) in [7, 11) is 0. The molecule has 2 aromatic carbocycles. The second-order valence-corrected chi connectivity index (χ2v) is 8.76. The Morgan fingerprint density at radius 2 is 1.86 bits per heavy atom. The van der Waals surface area contributed by atoms with Gasteiger partial charge in [0, 0.05) is 0 Å². The monoisotopic (exact) mass is 411 g/mol. The molecule has 2 heterocycles. The van der Waals surface area contributed by atoms with E-state index in [0.717, 1.165) is 16.9 Å². The molecular weight excluding hydrogens is 390 g/mol. The van der Waals surface area contributed by atoms with E-state index in [-0.39, 0.29) is 10.6 Å². The van der Waals surface area contributed by atoms with Crippen LogP contribution in [0.2, 0.25) is 0 Å². The number of thioether (sulfide) groups is 1. The van der Waals surface area contributed by atoms with Crippen LogP contribution in [0.1, 0.15) is 18.1 Å². The molecule has 0 amide bonds. The quantitative estimate of drug-likeness (QED) is 0.402. The minimum atomic E-state index is -0.398. The highest BCUT2D eigenvalue weighted by molar-refractivity contribution is 8.00. The van der Waals surface area contributed by atoms with E-state index in [0.29, 0.717) is 31.5 Å². The van der Waals surface area contributed by atoms with E-state index < -0.39 is 4.92 Å². The van der Waals surface area contributed by atoms with Crippen molar-refractivity contribution in [2.24, 2.45) is 0 Å². The van der Waals surface area contributed by atoms with Crippen molar-refractivity contribution in [1.82, 2.24) is 9.55 Å². The van der Waals surface area contributed by atoms with Gasteiger partial charge >= 0.3 is 5.82 Å². The number of benzene rings is 2. The van der Waals surface area contributed by atoms with Gasteiger partial charge < -0.3 is 19.6 Å². The van der Waals surface area contributed by atoms with Crippen molar-refractivity contribution < 1.29 is 14.4 Å². The van der Waals surface area contributed by atoms with E-state index >= 15 is 0 Å². The lowest BCUT2D eigenvalue weighted by Gasteiger charge is -2.19. The minimum Gasteiger partial charge on any atom is -0.489 e. The maximum Gasteiger partial charge on any atom is 0.343 e. The predicted octanol–water partition coefficient (Wildman–Crippen LogP) is 4.45. The van der Waals surface area contributed by atoms with E-state index in [1.54, 1.807) is 4.57 Å². The van der Waals surface area contributed by atoms with Crippen LogP contribution in [0, 0.1) is 10.1 Å². The average molecular weight is 411 g/mol. The molecule has 4 rings (SSSR count). The molecule has 0 saturated carbocycles. The fourth-order valence-electron chi connectivity index (χ4n) is 3.20. The van der Waals surface area contributed by atoms with E-state index in [4.69, 9.17) is 9.47 Å². The average Bonchev–Trinajstić information content (AvgIpc) is 3.24. The highest BCUT2D eigenvalue weighted by Crippen LogP contribution is 2.42. The molecule has 0 bridgehead atoms. The summed E-state index contributed by atoms with van der Waals surface area (Å²) in [5.41, 5.74) is 2.18. The zero-order valence-electron chi connectivity index (χ0n) is 16.0. The summed E-state index contributed by atoms with van der Waals surface area (Å²) < 4.78 is 13.1. The standard InChI is InChI=1S/C21H21N3O4S/c1-21(14-23-19(24(25)26)11-22-20(23)29-21)15-27-12-17-7-9-18(10-8-17)28-13-16-5-3-2-4-6-16/h2-11H,12-15H2,1H3. The SMILES string of the molecule is CC1(COCc2ccc(OCc3ccccc3)cc2)Cn2c([N+](=O)[O-])cnc2S1. The van der Waals surface area contributed by atoms with Crippen molar-refractivity contribution in [3.05, 3.63) is 82.0 Å². The van der Waals surface area contributed by atoms with Crippen LogP contribution in [0.5, 0.6) is 5.75 Å². The first-order valence-corrected chi connectivity index (χ1v) is 10.1. The Hall–Kier alpha value is -2.84. The summed E-state index contributed by atoms with van der Waals surface area (Å²) in [5.74, 6) is 0.843. The second kappa shape index (κ2) is 8.26. The van der Waals surface area contributed by atoms with Crippen LogP contribution in [0.25, 0.3) is 0 Å². The number of hydrogen-bond donors (Lipinski definition) is 0. The first-order chi connectivity index (χ1) is 14.0. The second-order valence-electron chi connectivity index (χ2n) is 7.21. The molecule has 3 aromatic rings. The van der Waals surface area contributed by atoms with Gasteiger partial charge in [0.2, 0.25) is 0 Å². The van der Waals surface area contributed by atoms with Gasteiger partial charge in [0.15, 0.2) is 0 Å². The molecule has 0 fully saturated rings. The van der Waals surface area contributed by atoms with Gasteiger partial charge in [-0.2, -0.15) is 4.57 Å². The predicted molar refractivity (Wildman–Crippen MR) is 110 cm³/mol. The van der Waals surface area contributed by atoms with Gasteiger partial charge in [0.05, 0.1) is 18.0 Å². The van der Waals surface area contributed by atoms with Gasteiger partial charge in [-0.1, -0.05) is 42.5 Å². The Balaban J connectivity index is 1.26. The number of nitro groups is 1. The van der Waals surface area contributed by atoms with Crippen LogP contribution in [0.3, 0.4) is 0 Å². The van der Waals surface area contributed by atoms with Crippen molar-refractivity contribution in [2.45, 2.75) is 36.6 Å². The molecule has 1 atom stereocenters. The minimum absolute atomic E-state index is 0.0299. The van der Waals surface area contributed by atoms with Gasteiger partial charge in [-0.15, -0.1) is 0 Å². The summed E-state index contributed by atoms with van der Waals surface area (Å²) in [6, 6.07) is 17.9. The van der Waals surface area contributed by atoms with Crippen LogP contribution in [-0.4, -0.2) is 25.8 Å². The largest absolute Gasteiger partial charge is 0.489 e. The Morgan fingerprint density at radius 1 is 1.14 bits per heavy atom. The molecule has 8 heteroatoms. The third-order valence-corrected chi connectivity index (χ3v) is 5.91. The van der Waals surface area contributed by atoms with E-state index in [2.05, 4.69) is 4.98 Å². The highest BCUT2D eigenvalue weighted by atomic mass is 32.2. The number of fused-ring (bicyclic) bond motifs is 1. The fraction of sp³-hybridized carbons (Fsp3) is 0.286. The number of imidazole rings is 1. The molecule has 1 unspecified atom stereocenters. The van der Waals surface area contributed by atoms with E-state index in [1.165, 1.54) is 18.0 Å². The first kappa shape index (κ1) is 19.5. The van der Waals surface area contributed by atoms with Crippen molar-refractivity contribution in [3.8, 4) is 5.75 Å². The van der Waals surface area contributed by atoms with E-state index in [1.807, 2.05) is 61.5 Å². The van der Waals surface area contributed by atoms with Crippen molar-refractivity contribution in [2.75, 3.05) is 6.61 Å². The Bertz CT molecular complexity index is 991. The molecule has 0 aliphatic carbocycles. The third-order valence-electron chi connectivity index (χ3n) is 4.66. The maximum atomic E-state index is 11.1. The Morgan fingerprint density at radius 3 is 2.59 bits per heavy atom. The zero-order valence-corrected chi connectivity index (χ0v) is 16.8. The number of rotatable bonds is 8. The normalized spacial score (nSPS) is 17.8. The Labute approximate surface area is 172 Å². The smallest absolute Gasteiger partial charge is 0.343 e. The lowest BCUT2D eigenvalue weighted by atomic mass is 10.2. The molecule has 29 heavy (non-hydrogen) atoms. The lowest BCUT2D eigenvalue weighted by molar-refractivity contribution is -0.392. The molecule has 7 nitrogen and oxygen atoms in total. The van der Waals surface area contributed by atoms with Crippen LogP contribution in [-0.2, 0) is 24.5 Å². The third kappa shape index (κ3) is 4.60. The molecule has 0 N–H and O–H groups in total. The Kier molecular flexibility index (Phi) is 5.55. The van der Waals surface area contributed by atoms with Crippen molar-refractivity contribution in [3.63, 3.8) is 0 Å². The maximum absolute atomic E-state index is 11.1. The van der Waals surface area contributed by atoms with Gasteiger partial charge in [-0.05, 0) is 46.9 Å². The van der Waals surface area contributed by atoms with Gasteiger partial charge in [0.1, 0.15) is 25.1 Å². The van der Waals surface area contributed by atoms with Crippen LogP contribution in [0.15, 0.2) is 66.0 Å². The first-order valence-electron chi connectivity index (χ1n) is 9.25. The summed E-state index contributed by atoms with van der Waals surface area (Å²) in [6.07, 6.45) is 1.31. The number of nitrogens with zero attached hydrogens (tertiary/aromatic N) is 3. The van der Waals surface area contributed by atoms with Gasteiger partial charge in [0.25, 0.3) is 5.16 Å². The molecule has 1 aliphatic rings. The summed E-state index contributed by atoms with van der Waals surface area (Å²) in [5, 5.41) is 11.7. The molecule has 1 aliphatic heterocycles. The zero-order chi connectivity index (χ0) is 20.3. The lowest BCUT2D eigenvalue weighted by Crippen LogP contribution is -2.28. The topological polar surface area (TPSA) is 79.4 Å². The van der Waals surface area contributed by atoms with Crippen LogP contribution < -0.4 is 4.74 Å². The summed E-state index contributed by atoms with van der Waals surface area (Å²) in [4.78, 5) is 14.8.